The van der Waals surface area contributed by atoms with Gasteiger partial charge in [-0.1, -0.05) is 43.6 Å². The lowest BCUT2D eigenvalue weighted by Gasteiger charge is -2.19. The van der Waals surface area contributed by atoms with Crippen molar-refractivity contribution in [3.8, 4) is 0 Å². The van der Waals surface area contributed by atoms with E-state index in [1.54, 1.807) is 12.1 Å². The molecule has 2 aromatic heterocycles. The van der Waals surface area contributed by atoms with Crippen LogP contribution in [0.25, 0.3) is 5.65 Å². The maximum atomic E-state index is 12.5. The van der Waals surface area contributed by atoms with Gasteiger partial charge in [-0.25, -0.2) is 0 Å². The van der Waals surface area contributed by atoms with Gasteiger partial charge in [0.25, 0.3) is 0 Å². The average Bonchev–Trinajstić information content (AvgIpc) is 3.00. The SMILES string of the molecule is CC(C)C[C@@H](NC(=O)Cc1ccc(Cl)cc1)c1nnc2ccccn12. The van der Waals surface area contributed by atoms with Crippen molar-refractivity contribution in [2.24, 2.45) is 5.92 Å². The van der Waals surface area contributed by atoms with Gasteiger partial charge in [0.05, 0.1) is 12.5 Å². The Bertz CT molecular complexity index is 857. The molecule has 0 bridgehead atoms. The molecule has 0 aliphatic rings. The molecule has 25 heavy (non-hydrogen) atoms. The molecule has 0 saturated carbocycles. The van der Waals surface area contributed by atoms with Gasteiger partial charge in [0.15, 0.2) is 11.5 Å². The Morgan fingerprint density at radius 3 is 2.64 bits per heavy atom. The largest absolute Gasteiger partial charge is 0.346 e. The summed E-state index contributed by atoms with van der Waals surface area (Å²) < 4.78 is 1.93. The first-order valence-corrected chi connectivity index (χ1v) is 8.74. The number of hydrogen-bond acceptors (Lipinski definition) is 3. The summed E-state index contributed by atoms with van der Waals surface area (Å²) in [5, 5.41) is 12.3. The molecule has 1 N–H and O–H groups in total. The lowest BCUT2D eigenvalue weighted by Crippen LogP contribution is -2.32. The lowest BCUT2D eigenvalue weighted by molar-refractivity contribution is -0.121. The smallest absolute Gasteiger partial charge is 0.225 e. The highest BCUT2D eigenvalue weighted by molar-refractivity contribution is 6.30. The van der Waals surface area contributed by atoms with E-state index in [1.165, 1.54) is 0 Å². The number of benzene rings is 1. The standard InChI is InChI=1S/C19H21ClN4O/c1-13(2)11-16(19-23-22-17-5-3-4-10-24(17)19)21-18(25)12-14-6-8-15(20)9-7-14/h3-10,13,16H,11-12H2,1-2H3,(H,21,25)/t16-/m1/s1. The first-order chi connectivity index (χ1) is 12.0. The summed E-state index contributed by atoms with van der Waals surface area (Å²) in [5.41, 5.74) is 1.70. The Balaban J connectivity index is 1.79. The Kier molecular flexibility index (Phi) is 5.34. The van der Waals surface area contributed by atoms with Crippen molar-refractivity contribution < 1.29 is 4.79 Å². The molecule has 0 radical (unpaired) electrons. The first-order valence-electron chi connectivity index (χ1n) is 8.36. The van der Waals surface area contributed by atoms with Gasteiger partial charge in [-0.05, 0) is 42.2 Å². The van der Waals surface area contributed by atoms with Crippen LogP contribution >= 0.6 is 11.6 Å². The van der Waals surface area contributed by atoms with E-state index in [2.05, 4.69) is 29.4 Å². The van der Waals surface area contributed by atoms with Gasteiger partial charge < -0.3 is 5.32 Å². The molecule has 1 amide bonds. The van der Waals surface area contributed by atoms with Crippen molar-refractivity contribution in [2.45, 2.75) is 32.7 Å². The number of carbonyl (C=O) groups is 1. The van der Waals surface area contributed by atoms with Crippen molar-refractivity contribution in [3.05, 3.63) is 65.1 Å². The van der Waals surface area contributed by atoms with Gasteiger partial charge in [-0.2, -0.15) is 0 Å². The van der Waals surface area contributed by atoms with Gasteiger partial charge in [0.2, 0.25) is 5.91 Å². The summed E-state index contributed by atoms with van der Waals surface area (Å²) in [6.45, 7) is 4.25. The second-order valence-electron chi connectivity index (χ2n) is 6.54. The van der Waals surface area contributed by atoms with Crippen LogP contribution in [0.1, 0.15) is 37.7 Å². The van der Waals surface area contributed by atoms with E-state index in [9.17, 15) is 4.79 Å². The zero-order valence-corrected chi connectivity index (χ0v) is 15.1. The number of rotatable bonds is 6. The van der Waals surface area contributed by atoms with Crippen LogP contribution in [0, 0.1) is 5.92 Å². The zero-order chi connectivity index (χ0) is 17.8. The van der Waals surface area contributed by atoms with Crippen molar-refractivity contribution in [1.29, 1.82) is 0 Å². The van der Waals surface area contributed by atoms with Crippen LogP contribution in [-0.4, -0.2) is 20.5 Å². The number of aromatic nitrogens is 3. The molecule has 0 spiro atoms. The third-order valence-corrected chi connectivity index (χ3v) is 4.22. The molecule has 0 aliphatic heterocycles. The van der Waals surface area contributed by atoms with Gasteiger partial charge in [0.1, 0.15) is 0 Å². The Morgan fingerprint density at radius 1 is 1.16 bits per heavy atom. The topological polar surface area (TPSA) is 59.3 Å². The van der Waals surface area contributed by atoms with Crippen molar-refractivity contribution in [2.75, 3.05) is 0 Å². The van der Waals surface area contributed by atoms with Crippen LogP contribution in [0.4, 0.5) is 0 Å². The van der Waals surface area contributed by atoms with Gasteiger partial charge in [0, 0.05) is 11.2 Å². The molecule has 0 unspecified atom stereocenters. The molecule has 2 heterocycles. The highest BCUT2D eigenvalue weighted by Crippen LogP contribution is 2.21. The van der Waals surface area contributed by atoms with Crippen LogP contribution in [0.2, 0.25) is 5.02 Å². The molecule has 3 rings (SSSR count). The third kappa shape index (κ3) is 4.37. The first kappa shape index (κ1) is 17.4. The fourth-order valence-electron chi connectivity index (χ4n) is 2.83. The van der Waals surface area contributed by atoms with Crippen molar-refractivity contribution in [3.63, 3.8) is 0 Å². The third-order valence-electron chi connectivity index (χ3n) is 3.97. The van der Waals surface area contributed by atoms with E-state index in [4.69, 9.17) is 11.6 Å². The fraction of sp³-hybridized carbons (Fsp3) is 0.316. The highest BCUT2D eigenvalue weighted by atomic mass is 35.5. The number of amides is 1. The van der Waals surface area contributed by atoms with Crippen LogP contribution < -0.4 is 5.32 Å². The summed E-state index contributed by atoms with van der Waals surface area (Å²) in [6.07, 6.45) is 3.02. The minimum absolute atomic E-state index is 0.0411. The maximum absolute atomic E-state index is 12.5. The number of hydrogen-bond donors (Lipinski definition) is 1. The summed E-state index contributed by atoms with van der Waals surface area (Å²) in [6, 6.07) is 12.9. The summed E-state index contributed by atoms with van der Waals surface area (Å²) >= 11 is 5.89. The van der Waals surface area contributed by atoms with Gasteiger partial charge >= 0.3 is 0 Å². The number of nitrogens with one attached hydrogen (secondary N) is 1. The molecule has 0 aliphatic carbocycles. The molecule has 130 valence electrons. The number of carbonyl (C=O) groups excluding carboxylic acids is 1. The summed E-state index contributed by atoms with van der Waals surface area (Å²) in [7, 11) is 0. The lowest BCUT2D eigenvalue weighted by atomic mass is 10.0. The molecular weight excluding hydrogens is 336 g/mol. The van der Waals surface area contributed by atoms with E-state index >= 15 is 0 Å². The highest BCUT2D eigenvalue weighted by Gasteiger charge is 2.21. The van der Waals surface area contributed by atoms with Crippen LogP contribution in [0.5, 0.6) is 0 Å². The zero-order valence-electron chi connectivity index (χ0n) is 14.3. The molecular formula is C19H21ClN4O. The van der Waals surface area contributed by atoms with E-state index in [-0.39, 0.29) is 11.9 Å². The second-order valence-corrected chi connectivity index (χ2v) is 6.98. The number of fused-ring (bicyclic) bond motifs is 1. The van der Waals surface area contributed by atoms with E-state index in [0.29, 0.717) is 17.4 Å². The summed E-state index contributed by atoms with van der Waals surface area (Å²) in [5.74, 6) is 1.13. The number of nitrogens with zero attached hydrogens (tertiary/aromatic N) is 3. The minimum Gasteiger partial charge on any atom is -0.346 e. The fourth-order valence-corrected chi connectivity index (χ4v) is 2.96. The van der Waals surface area contributed by atoms with Crippen molar-refractivity contribution in [1.82, 2.24) is 19.9 Å². The Labute approximate surface area is 152 Å². The minimum atomic E-state index is -0.183. The van der Waals surface area contributed by atoms with E-state index in [0.717, 1.165) is 23.5 Å². The monoisotopic (exact) mass is 356 g/mol. The van der Waals surface area contributed by atoms with Crippen molar-refractivity contribution >= 4 is 23.2 Å². The molecule has 0 fully saturated rings. The van der Waals surface area contributed by atoms with Crippen LogP contribution in [-0.2, 0) is 11.2 Å². The number of pyridine rings is 1. The number of halogens is 1. The van der Waals surface area contributed by atoms with Gasteiger partial charge in [-0.15, -0.1) is 10.2 Å². The predicted octanol–water partition coefficient (Wildman–Crippen LogP) is 3.83. The van der Waals surface area contributed by atoms with Gasteiger partial charge in [-0.3, -0.25) is 9.20 Å². The maximum Gasteiger partial charge on any atom is 0.225 e. The second kappa shape index (κ2) is 7.66. The molecule has 0 saturated heterocycles. The molecule has 1 aromatic carbocycles. The molecule has 3 aromatic rings. The molecule has 6 heteroatoms. The molecule has 1 atom stereocenters. The normalized spacial score (nSPS) is 12.5. The Morgan fingerprint density at radius 2 is 1.92 bits per heavy atom. The summed E-state index contributed by atoms with van der Waals surface area (Å²) in [4.78, 5) is 12.5. The predicted molar refractivity (Wildman–Crippen MR) is 98.5 cm³/mol. The molecule has 5 nitrogen and oxygen atoms in total. The quantitative estimate of drug-likeness (QED) is 0.730. The average molecular weight is 357 g/mol. The van der Waals surface area contributed by atoms with Crippen LogP contribution in [0.3, 0.4) is 0 Å². The van der Waals surface area contributed by atoms with E-state index in [1.807, 2.05) is 40.9 Å². The van der Waals surface area contributed by atoms with Crippen LogP contribution in [0.15, 0.2) is 48.7 Å². The Hall–Kier alpha value is -2.40. The van der Waals surface area contributed by atoms with E-state index < -0.39 is 0 Å².